The Bertz CT molecular complexity index is 363. The average Bonchev–Trinajstić information content (AvgIpc) is 2.75. The van der Waals surface area contributed by atoms with E-state index >= 15 is 0 Å². The van der Waals surface area contributed by atoms with Gasteiger partial charge in [-0.15, -0.1) is 0 Å². The van der Waals surface area contributed by atoms with Crippen LogP contribution in [0, 0.1) is 5.92 Å². The number of ketones is 1. The van der Waals surface area contributed by atoms with E-state index in [0.29, 0.717) is 18.4 Å². The molecule has 2 N–H and O–H groups in total. The molecule has 2 unspecified atom stereocenters. The zero-order valence-corrected chi connectivity index (χ0v) is 10.8. The summed E-state index contributed by atoms with van der Waals surface area (Å²) in [7, 11) is 0. The lowest BCUT2D eigenvalue weighted by Crippen LogP contribution is -2.15. The molecule has 0 saturated heterocycles. The maximum absolute atomic E-state index is 11.9. The van der Waals surface area contributed by atoms with Crippen LogP contribution in [0.5, 0.6) is 0 Å². The van der Waals surface area contributed by atoms with Crippen molar-refractivity contribution in [3.63, 3.8) is 0 Å². The molecule has 0 radical (unpaired) electrons. The third kappa shape index (κ3) is 2.68. The summed E-state index contributed by atoms with van der Waals surface area (Å²) in [4.78, 5) is 11.9. The van der Waals surface area contributed by atoms with Gasteiger partial charge in [0.25, 0.3) is 0 Å². The summed E-state index contributed by atoms with van der Waals surface area (Å²) < 4.78 is 0.930. The first kappa shape index (κ1) is 11.3. The van der Waals surface area contributed by atoms with Crippen LogP contribution in [0.25, 0.3) is 0 Å². The van der Waals surface area contributed by atoms with Gasteiger partial charge in [-0.05, 0) is 41.1 Å². The molecule has 1 aliphatic rings. The number of hydrogen-bond acceptors (Lipinski definition) is 3. The number of Topliss-reactive ketones (excluding diaryl/α,β-unsaturated/α-hetero) is 1. The molecule has 0 aromatic carbocycles. The molecular weight excluding hydrogens is 274 g/mol. The van der Waals surface area contributed by atoms with Gasteiger partial charge in [0.1, 0.15) is 0 Å². The second kappa shape index (κ2) is 4.76. The van der Waals surface area contributed by atoms with Crippen LogP contribution in [0.1, 0.15) is 36.0 Å². The summed E-state index contributed by atoms with van der Waals surface area (Å²) in [6, 6.07) is 0.314. The summed E-state index contributed by atoms with van der Waals surface area (Å²) in [5.41, 5.74) is 6.66. The van der Waals surface area contributed by atoms with Gasteiger partial charge in [-0.1, -0.05) is 0 Å². The monoisotopic (exact) mass is 287 g/mol. The minimum Gasteiger partial charge on any atom is -0.328 e. The zero-order valence-electron chi connectivity index (χ0n) is 8.41. The number of thiophene rings is 1. The molecule has 0 amide bonds. The lowest BCUT2D eigenvalue weighted by Gasteiger charge is -2.07. The lowest BCUT2D eigenvalue weighted by molar-refractivity contribution is 0.0961. The first-order valence-electron chi connectivity index (χ1n) is 5.17. The van der Waals surface area contributed by atoms with E-state index in [0.717, 1.165) is 29.3 Å². The molecule has 0 spiro atoms. The molecule has 1 aromatic heterocycles. The number of rotatable bonds is 3. The van der Waals surface area contributed by atoms with Crippen molar-refractivity contribution in [1.82, 2.24) is 0 Å². The van der Waals surface area contributed by atoms with Crippen molar-refractivity contribution in [3.8, 4) is 0 Å². The highest BCUT2D eigenvalue weighted by atomic mass is 79.9. The quantitative estimate of drug-likeness (QED) is 0.868. The smallest absolute Gasteiger partial charge is 0.165 e. The molecule has 0 bridgehead atoms. The van der Waals surface area contributed by atoms with Gasteiger partial charge in [-0.25, -0.2) is 0 Å². The highest BCUT2D eigenvalue weighted by molar-refractivity contribution is 9.10. The third-order valence-corrected chi connectivity index (χ3v) is 4.67. The normalized spacial score (nSPS) is 25.7. The molecule has 1 aromatic rings. The molecule has 1 saturated carbocycles. The molecule has 2 rings (SSSR count). The van der Waals surface area contributed by atoms with Crippen LogP contribution in [-0.4, -0.2) is 11.8 Å². The highest BCUT2D eigenvalue weighted by Crippen LogP contribution is 2.30. The van der Waals surface area contributed by atoms with Gasteiger partial charge in [0.2, 0.25) is 0 Å². The highest BCUT2D eigenvalue weighted by Gasteiger charge is 2.25. The van der Waals surface area contributed by atoms with Gasteiger partial charge in [0.05, 0.1) is 0 Å². The van der Waals surface area contributed by atoms with Gasteiger partial charge in [0, 0.05) is 33.3 Å². The molecule has 82 valence electrons. The van der Waals surface area contributed by atoms with Gasteiger partial charge in [-0.3, -0.25) is 4.79 Å². The van der Waals surface area contributed by atoms with E-state index in [-0.39, 0.29) is 5.78 Å². The van der Waals surface area contributed by atoms with Gasteiger partial charge >= 0.3 is 0 Å². The van der Waals surface area contributed by atoms with Crippen molar-refractivity contribution in [2.45, 2.75) is 31.7 Å². The minimum atomic E-state index is 0.252. The Balaban J connectivity index is 1.96. The van der Waals surface area contributed by atoms with E-state index in [1.807, 2.05) is 10.8 Å². The topological polar surface area (TPSA) is 43.1 Å². The summed E-state index contributed by atoms with van der Waals surface area (Å²) in [6.07, 6.45) is 3.84. The lowest BCUT2D eigenvalue weighted by atomic mass is 9.98. The van der Waals surface area contributed by atoms with Crippen molar-refractivity contribution < 1.29 is 4.79 Å². The fourth-order valence-electron chi connectivity index (χ4n) is 2.15. The molecule has 1 aliphatic carbocycles. The largest absolute Gasteiger partial charge is 0.328 e. The first-order valence-corrected chi connectivity index (χ1v) is 6.91. The average molecular weight is 288 g/mol. The van der Waals surface area contributed by atoms with Crippen molar-refractivity contribution in [3.05, 3.63) is 20.8 Å². The van der Waals surface area contributed by atoms with Crippen LogP contribution in [0.4, 0.5) is 0 Å². The Morgan fingerprint density at radius 2 is 2.33 bits per heavy atom. The van der Waals surface area contributed by atoms with E-state index in [2.05, 4.69) is 15.9 Å². The molecule has 15 heavy (non-hydrogen) atoms. The van der Waals surface area contributed by atoms with Crippen LogP contribution in [0.3, 0.4) is 0 Å². The molecule has 1 fully saturated rings. The number of carbonyl (C=O) groups is 1. The number of hydrogen-bond donors (Lipinski definition) is 1. The number of carbonyl (C=O) groups excluding carboxylic acids is 1. The third-order valence-electron chi connectivity index (χ3n) is 2.97. The van der Waals surface area contributed by atoms with Crippen LogP contribution in [0.2, 0.25) is 0 Å². The van der Waals surface area contributed by atoms with Crippen molar-refractivity contribution in [2.24, 2.45) is 11.7 Å². The Morgan fingerprint density at radius 1 is 1.53 bits per heavy atom. The van der Waals surface area contributed by atoms with E-state index < -0.39 is 0 Å². The van der Waals surface area contributed by atoms with Crippen LogP contribution in [-0.2, 0) is 0 Å². The minimum absolute atomic E-state index is 0.252. The van der Waals surface area contributed by atoms with E-state index in [1.165, 1.54) is 0 Å². The van der Waals surface area contributed by atoms with Crippen molar-refractivity contribution in [2.75, 3.05) is 0 Å². The Hall–Kier alpha value is -0.190. The molecule has 2 nitrogen and oxygen atoms in total. The van der Waals surface area contributed by atoms with Gasteiger partial charge in [-0.2, -0.15) is 11.3 Å². The van der Waals surface area contributed by atoms with Gasteiger partial charge < -0.3 is 5.73 Å². The van der Waals surface area contributed by atoms with Crippen LogP contribution in [0.15, 0.2) is 15.2 Å². The van der Waals surface area contributed by atoms with Crippen LogP contribution >= 0.6 is 27.3 Å². The predicted octanol–water partition coefficient (Wildman–Crippen LogP) is 3.21. The molecular formula is C11H14BrNOS. The molecule has 2 atom stereocenters. The molecule has 1 heterocycles. The number of nitrogens with two attached hydrogens (primary N) is 1. The Kier molecular flexibility index (Phi) is 3.59. The summed E-state index contributed by atoms with van der Waals surface area (Å²) in [6.45, 7) is 0. The van der Waals surface area contributed by atoms with E-state index in [9.17, 15) is 4.79 Å². The van der Waals surface area contributed by atoms with Crippen molar-refractivity contribution >= 4 is 33.0 Å². The summed E-state index contributed by atoms with van der Waals surface area (Å²) in [5, 5.41) is 3.87. The fraction of sp³-hybridized carbons (Fsp3) is 0.545. The zero-order chi connectivity index (χ0) is 10.8. The maximum Gasteiger partial charge on any atom is 0.165 e. The first-order chi connectivity index (χ1) is 7.16. The molecule has 0 aliphatic heterocycles. The van der Waals surface area contributed by atoms with Crippen molar-refractivity contribution in [1.29, 1.82) is 0 Å². The SMILES string of the molecule is NC1CCC(CC(=O)c2cscc2Br)C1. The van der Waals surface area contributed by atoms with E-state index in [1.54, 1.807) is 11.3 Å². The number of halogens is 1. The van der Waals surface area contributed by atoms with E-state index in [4.69, 9.17) is 5.73 Å². The summed E-state index contributed by atoms with van der Waals surface area (Å²) >= 11 is 4.95. The maximum atomic E-state index is 11.9. The Labute approximate surface area is 102 Å². The predicted molar refractivity (Wildman–Crippen MR) is 66.3 cm³/mol. The summed E-state index contributed by atoms with van der Waals surface area (Å²) in [5.74, 6) is 0.751. The second-order valence-electron chi connectivity index (χ2n) is 4.20. The van der Waals surface area contributed by atoms with Gasteiger partial charge in [0.15, 0.2) is 5.78 Å². The fourth-order valence-corrected chi connectivity index (χ4v) is 3.67. The second-order valence-corrected chi connectivity index (χ2v) is 5.80. The standard InChI is InChI=1S/C11H14BrNOS/c12-10-6-15-5-9(10)11(14)4-7-1-2-8(13)3-7/h5-8H,1-4,13H2. The Morgan fingerprint density at radius 3 is 2.87 bits per heavy atom. The van der Waals surface area contributed by atoms with Crippen LogP contribution < -0.4 is 5.73 Å². The molecule has 4 heteroatoms.